The normalized spacial score (nSPS) is 10.8. The molecule has 3 aromatic rings. The minimum absolute atomic E-state index is 0.157. The van der Waals surface area contributed by atoms with Crippen LogP contribution in [0.3, 0.4) is 0 Å². The number of hydroxylamine groups is 1. The maximum absolute atomic E-state index is 11.4. The maximum atomic E-state index is 11.4. The number of carbonyl (C=O) groups is 1. The van der Waals surface area contributed by atoms with Gasteiger partial charge in [-0.3, -0.25) is 10.0 Å². The van der Waals surface area contributed by atoms with Crippen LogP contribution in [0.25, 0.3) is 11.0 Å². The summed E-state index contributed by atoms with van der Waals surface area (Å²) in [4.78, 5) is 15.7. The standard InChI is InChI=1S/C15H12ClN3O2/c16-12-4-2-1-3-11(12)9-19-8-7-10-5-6-13(15(20)18-21)17-14(10)19/h1-8,21H,9H2,(H,18,20). The number of fused-ring (bicyclic) bond motifs is 1. The van der Waals surface area contributed by atoms with Gasteiger partial charge >= 0.3 is 0 Å². The average Bonchev–Trinajstić information content (AvgIpc) is 2.91. The molecule has 0 aliphatic rings. The highest BCUT2D eigenvalue weighted by molar-refractivity contribution is 6.31. The summed E-state index contributed by atoms with van der Waals surface area (Å²) < 4.78 is 1.91. The molecule has 3 rings (SSSR count). The van der Waals surface area contributed by atoms with Gasteiger partial charge in [-0.15, -0.1) is 0 Å². The molecular formula is C15H12ClN3O2. The van der Waals surface area contributed by atoms with E-state index in [0.717, 1.165) is 10.9 Å². The molecule has 5 nitrogen and oxygen atoms in total. The Hall–Kier alpha value is -2.37. The van der Waals surface area contributed by atoms with Crippen molar-refractivity contribution in [1.82, 2.24) is 15.0 Å². The Morgan fingerprint density at radius 2 is 2.05 bits per heavy atom. The van der Waals surface area contributed by atoms with Gasteiger partial charge in [0.1, 0.15) is 11.3 Å². The number of hydrogen-bond acceptors (Lipinski definition) is 3. The monoisotopic (exact) mass is 301 g/mol. The van der Waals surface area contributed by atoms with Crippen molar-refractivity contribution in [3.05, 3.63) is 64.9 Å². The van der Waals surface area contributed by atoms with Crippen LogP contribution in [-0.4, -0.2) is 20.7 Å². The number of pyridine rings is 1. The van der Waals surface area contributed by atoms with Gasteiger partial charge < -0.3 is 4.57 Å². The molecule has 106 valence electrons. The lowest BCUT2D eigenvalue weighted by molar-refractivity contribution is 0.0701. The number of halogens is 1. The molecule has 0 radical (unpaired) electrons. The molecule has 1 aromatic carbocycles. The van der Waals surface area contributed by atoms with Crippen LogP contribution in [0.5, 0.6) is 0 Å². The zero-order valence-corrected chi connectivity index (χ0v) is 11.7. The number of aromatic nitrogens is 2. The molecular weight excluding hydrogens is 290 g/mol. The number of rotatable bonds is 3. The number of nitrogens with zero attached hydrogens (tertiary/aromatic N) is 2. The summed E-state index contributed by atoms with van der Waals surface area (Å²) in [7, 11) is 0. The Balaban J connectivity index is 2.03. The third kappa shape index (κ3) is 2.61. The van der Waals surface area contributed by atoms with E-state index >= 15 is 0 Å². The maximum Gasteiger partial charge on any atom is 0.293 e. The molecule has 0 aliphatic heterocycles. The predicted octanol–water partition coefficient (Wildman–Crippen LogP) is 2.86. The molecule has 2 heterocycles. The van der Waals surface area contributed by atoms with Crippen LogP contribution in [0, 0.1) is 0 Å². The summed E-state index contributed by atoms with van der Waals surface area (Å²) in [5.41, 5.74) is 3.37. The van der Waals surface area contributed by atoms with E-state index < -0.39 is 5.91 Å². The molecule has 2 aromatic heterocycles. The van der Waals surface area contributed by atoms with Gasteiger partial charge in [0.2, 0.25) is 0 Å². The van der Waals surface area contributed by atoms with E-state index in [-0.39, 0.29) is 5.69 Å². The molecule has 0 saturated heterocycles. The fourth-order valence-corrected chi connectivity index (χ4v) is 2.38. The second-order valence-electron chi connectivity index (χ2n) is 4.59. The average molecular weight is 302 g/mol. The fraction of sp³-hybridized carbons (Fsp3) is 0.0667. The topological polar surface area (TPSA) is 67.2 Å². The van der Waals surface area contributed by atoms with E-state index in [1.165, 1.54) is 0 Å². The summed E-state index contributed by atoms with van der Waals surface area (Å²) in [6, 6.07) is 12.8. The number of carbonyl (C=O) groups excluding carboxylic acids is 1. The second-order valence-corrected chi connectivity index (χ2v) is 4.99. The van der Waals surface area contributed by atoms with Gasteiger partial charge in [-0.05, 0) is 29.8 Å². The van der Waals surface area contributed by atoms with E-state index in [0.29, 0.717) is 17.2 Å². The molecule has 0 saturated carbocycles. The van der Waals surface area contributed by atoms with Crippen LogP contribution in [0.1, 0.15) is 16.1 Å². The molecule has 0 fully saturated rings. The van der Waals surface area contributed by atoms with Crippen molar-refractivity contribution in [3.63, 3.8) is 0 Å². The summed E-state index contributed by atoms with van der Waals surface area (Å²) >= 11 is 6.17. The first kappa shape index (κ1) is 13.6. The second kappa shape index (κ2) is 5.55. The number of amides is 1. The summed E-state index contributed by atoms with van der Waals surface area (Å²) in [5, 5.41) is 10.3. The van der Waals surface area contributed by atoms with Gasteiger partial charge in [0, 0.05) is 16.6 Å². The Kier molecular flexibility index (Phi) is 3.60. The Morgan fingerprint density at radius 3 is 2.81 bits per heavy atom. The van der Waals surface area contributed by atoms with Crippen LogP contribution >= 0.6 is 11.6 Å². The van der Waals surface area contributed by atoms with Gasteiger partial charge in [-0.2, -0.15) is 0 Å². The van der Waals surface area contributed by atoms with E-state index in [1.807, 2.05) is 41.1 Å². The van der Waals surface area contributed by atoms with Crippen LogP contribution in [0.15, 0.2) is 48.7 Å². The molecule has 21 heavy (non-hydrogen) atoms. The van der Waals surface area contributed by atoms with Crippen molar-refractivity contribution in [2.24, 2.45) is 0 Å². The molecule has 6 heteroatoms. The highest BCUT2D eigenvalue weighted by atomic mass is 35.5. The van der Waals surface area contributed by atoms with Gasteiger partial charge in [0.25, 0.3) is 5.91 Å². The number of hydrogen-bond donors (Lipinski definition) is 2. The predicted molar refractivity (Wildman–Crippen MR) is 79.5 cm³/mol. The first-order valence-electron chi connectivity index (χ1n) is 6.33. The highest BCUT2D eigenvalue weighted by Gasteiger charge is 2.10. The van der Waals surface area contributed by atoms with Gasteiger partial charge in [-0.1, -0.05) is 29.8 Å². The highest BCUT2D eigenvalue weighted by Crippen LogP contribution is 2.20. The van der Waals surface area contributed by atoms with Crippen molar-refractivity contribution in [1.29, 1.82) is 0 Å². The Labute approximate surface area is 125 Å². The van der Waals surface area contributed by atoms with E-state index in [2.05, 4.69) is 4.98 Å². The molecule has 1 amide bonds. The van der Waals surface area contributed by atoms with Crippen molar-refractivity contribution < 1.29 is 10.0 Å². The third-order valence-electron chi connectivity index (χ3n) is 3.24. The van der Waals surface area contributed by atoms with Crippen LogP contribution < -0.4 is 5.48 Å². The summed E-state index contributed by atoms with van der Waals surface area (Å²) in [6.45, 7) is 0.556. The fourth-order valence-electron chi connectivity index (χ4n) is 2.18. The van der Waals surface area contributed by atoms with Crippen molar-refractivity contribution >= 4 is 28.5 Å². The molecule has 0 unspecified atom stereocenters. The third-order valence-corrected chi connectivity index (χ3v) is 3.61. The van der Waals surface area contributed by atoms with Crippen molar-refractivity contribution in [3.8, 4) is 0 Å². The minimum atomic E-state index is -0.637. The smallest absolute Gasteiger partial charge is 0.293 e. The van der Waals surface area contributed by atoms with Gasteiger partial charge in [0.05, 0.1) is 6.54 Å². The van der Waals surface area contributed by atoms with E-state index in [4.69, 9.17) is 16.8 Å². The molecule has 0 aliphatic carbocycles. The lowest BCUT2D eigenvalue weighted by atomic mass is 10.2. The van der Waals surface area contributed by atoms with E-state index in [1.54, 1.807) is 17.6 Å². The summed E-state index contributed by atoms with van der Waals surface area (Å²) in [5.74, 6) is -0.637. The largest absolute Gasteiger partial charge is 0.328 e. The minimum Gasteiger partial charge on any atom is -0.328 e. The van der Waals surface area contributed by atoms with Crippen molar-refractivity contribution in [2.75, 3.05) is 0 Å². The number of benzene rings is 1. The zero-order chi connectivity index (χ0) is 14.8. The van der Waals surface area contributed by atoms with Crippen LogP contribution in [0.2, 0.25) is 5.02 Å². The van der Waals surface area contributed by atoms with Crippen LogP contribution in [0.4, 0.5) is 0 Å². The Morgan fingerprint density at radius 1 is 1.24 bits per heavy atom. The van der Waals surface area contributed by atoms with Crippen LogP contribution in [-0.2, 0) is 6.54 Å². The number of nitrogens with one attached hydrogen (secondary N) is 1. The lowest BCUT2D eigenvalue weighted by Crippen LogP contribution is -2.20. The first-order chi connectivity index (χ1) is 10.2. The zero-order valence-electron chi connectivity index (χ0n) is 11.0. The molecule has 0 spiro atoms. The van der Waals surface area contributed by atoms with E-state index in [9.17, 15) is 4.79 Å². The molecule has 2 N–H and O–H groups in total. The SMILES string of the molecule is O=C(NO)c1ccc2ccn(Cc3ccccc3Cl)c2n1. The first-order valence-corrected chi connectivity index (χ1v) is 6.70. The van der Waals surface area contributed by atoms with Crippen molar-refractivity contribution in [2.45, 2.75) is 6.54 Å². The molecule has 0 atom stereocenters. The lowest BCUT2D eigenvalue weighted by Gasteiger charge is -2.07. The quantitative estimate of drug-likeness (QED) is 0.577. The summed E-state index contributed by atoms with van der Waals surface area (Å²) in [6.07, 6.45) is 1.89. The van der Waals surface area contributed by atoms with Gasteiger partial charge in [-0.25, -0.2) is 10.5 Å². The Bertz CT molecular complexity index is 814. The van der Waals surface area contributed by atoms with Gasteiger partial charge in [0.15, 0.2) is 0 Å². The molecule has 0 bridgehead atoms.